The van der Waals surface area contributed by atoms with Gasteiger partial charge in [0.2, 0.25) is 0 Å². The van der Waals surface area contributed by atoms with Gasteiger partial charge in [-0.2, -0.15) is 0 Å². The van der Waals surface area contributed by atoms with E-state index in [1.54, 1.807) is 0 Å². The first-order chi connectivity index (χ1) is 5.65. The van der Waals surface area contributed by atoms with E-state index in [4.69, 9.17) is 0 Å². The number of nitrogens with zero attached hydrogens (tertiary/aromatic N) is 1. The third-order valence-corrected chi connectivity index (χ3v) is 1.77. The molecule has 12 heavy (non-hydrogen) atoms. The van der Waals surface area contributed by atoms with Crippen LogP contribution in [-0.2, 0) is 6.54 Å². The molecule has 1 aromatic rings. The molecule has 0 unspecified atom stereocenters. The van der Waals surface area contributed by atoms with Gasteiger partial charge >= 0.3 is 0 Å². The van der Waals surface area contributed by atoms with E-state index in [1.807, 2.05) is 0 Å². The third-order valence-electron chi connectivity index (χ3n) is 1.33. The van der Waals surface area contributed by atoms with E-state index in [9.17, 15) is 9.18 Å². The normalized spacial score (nSPS) is 9.83. The number of halogens is 2. The number of rotatable bonds is 2. The minimum Gasteiger partial charge on any atom is -0.308 e. The molecule has 0 aliphatic heterocycles. The van der Waals surface area contributed by atoms with Crippen LogP contribution in [0.15, 0.2) is 34.2 Å². The van der Waals surface area contributed by atoms with Crippen LogP contribution in [0.1, 0.15) is 0 Å². The van der Waals surface area contributed by atoms with Gasteiger partial charge in [0.05, 0.1) is 0 Å². The van der Waals surface area contributed by atoms with E-state index in [-0.39, 0.29) is 0 Å². The maximum absolute atomic E-state index is 12.8. The Labute approximate surface area is 77.5 Å². The summed E-state index contributed by atoms with van der Waals surface area (Å²) >= 11 is 3.08. The second kappa shape index (κ2) is 3.67. The van der Waals surface area contributed by atoms with Gasteiger partial charge in [0.1, 0.15) is 0 Å². The summed E-state index contributed by atoms with van der Waals surface area (Å²) in [6, 6.07) is 1.14. The average Bonchev–Trinajstić information content (AvgIpc) is 2.00. The lowest BCUT2D eigenvalue weighted by atomic mass is 10.4. The lowest BCUT2D eigenvalue weighted by Crippen LogP contribution is -2.21. The van der Waals surface area contributed by atoms with Crippen molar-refractivity contribution in [2.75, 3.05) is 0 Å². The zero-order chi connectivity index (χ0) is 9.14. The molecule has 0 aliphatic rings. The molecule has 0 amide bonds. The summed E-state index contributed by atoms with van der Waals surface area (Å²) in [5, 5.41) is 0. The molecule has 0 aromatic carbocycles. The second-order valence-electron chi connectivity index (χ2n) is 2.25. The molecule has 0 atom stereocenters. The topological polar surface area (TPSA) is 22.0 Å². The Morgan fingerprint density at radius 3 is 3.00 bits per heavy atom. The Balaban J connectivity index is 3.27. The number of hydrogen-bond donors (Lipinski definition) is 0. The van der Waals surface area contributed by atoms with Crippen LogP contribution in [0.3, 0.4) is 0 Å². The summed E-state index contributed by atoms with van der Waals surface area (Å²) in [6.07, 6.45) is 3.06. The zero-order valence-electron chi connectivity index (χ0n) is 6.26. The van der Waals surface area contributed by atoms with E-state index < -0.39 is 11.4 Å². The van der Waals surface area contributed by atoms with E-state index in [0.717, 1.165) is 6.07 Å². The van der Waals surface area contributed by atoms with E-state index in [1.165, 1.54) is 16.8 Å². The Morgan fingerprint density at radius 2 is 2.42 bits per heavy atom. The van der Waals surface area contributed by atoms with Crippen molar-refractivity contribution in [3.05, 3.63) is 45.6 Å². The highest BCUT2D eigenvalue weighted by Crippen LogP contribution is 2.07. The maximum atomic E-state index is 12.8. The number of hydrogen-bond acceptors (Lipinski definition) is 1. The van der Waals surface area contributed by atoms with Crippen molar-refractivity contribution < 1.29 is 4.39 Å². The van der Waals surface area contributed by atoms with Crippen LogP contribution in [0.2, 0.25) is 0 Å². The van der Waals surface area contributed by atoms with Crippen molar-refractivity contribution in [2.24, 2.45) is 0 Å². The fourth-order valence-electron chi connectivity index (χ4n) is 0.839. The van der Waals surface area contributed by atoms with E-state index in [2.05, 4.69) is 22.5 Å². The zero-order valence-corrected chi connectivity index (χ0v) is 7.84. The predicted molar refractivity (Wildman–Crippen MR) is 48.6 cm³/mol. The quantitative estimate of drug-likeness (QED) is 0.714. The molecule has 64 valence electrons. The minimum atomic E-state index is -0.758. The first-order valence-corrected chi connectivity index (χ1v) is 4.11. The summed E-state index contributed by atoms with van der Waals surface area (Å²) in [5.41, 5.74) is -0.627. The lowest BCUT2D eigenvalue weighted by molar-refractivity contribution is 0.581. The molecule has 1 aromatic heterocycles. The van der Waals surface area contributed by atoms with Crippen LogP contribution < -0.4 is 5.56 Å². The molecule has 1 rings (SSSR count). The Hall–Kier alpha value is -0.900. The minimum absolute atomic E-state index is 0.315. The van der Waals surface area contributed by atoms with Gasteiger partial charge in [0.15, 0.2) is 5.82 Å². The summed E-state index contributed by atoms with van der Waals surface area (Å²) in [6.45, 7) is 3.77. The molecule has 0 aliphatic carbocycles. The van der Waals surface area contributed by atoms with Gasteiger partial charge in [0, 0.05) is 17.2 Å². The highest BCUT2D eigenvalue weighted by atomic mass is 79.9. The van der Waals surface area contributed by atoms with Gasteiger partial charge in [-0.1, -0.05) is 6.08 Å². The standard InChI is InChI=1S/C8H7BrFNO/c1-2-3-11-5-6(9)4-7(10)8(11)12/h2,4-5H,1,3H2. The van der Waals surface area contributed by atoms with Gasteiger partial charge in [-0.05, 0) is 22.0 Å². The van der Waals surface area contributed by atoms with E-state index in [0.29, 0.717) is 11.0 Å². The molecule has 0 bridgehead atoms. The predicted octanol–water partition coefficient (Wildman–Crippen LogP) is 1.94. The largest absolute Gasteiger partial charge is 0.308 e. The van der Waals surface area contributed by atoms with Crippen molar-refractivity contribution in [1.82, 2.24) is 4.57 Å². The van der Waals surface area contributed by atoms with E-state index >= 15 is 0 Å². The molecule has 0 radical (unpaired) electrons. The van der Waals surface area contributed by atoms with Crippen molar-refractivity contribution in [1.29, 1.82) is 0 Å². The molecule has 4 heteroatoms. The lowest BCUT2D eigenvalue weighted by Gasteiger charge is -2.01. The molecule has 0 N–H and O–H groups in total. The third kappa shape index (κ3) is 1.82. The number of pyridine rings is 1. The van der Waals surface area contributed by atoms with Gasteiger partial charge in [-0.25, -0.2) is 4.39 Å². The summed E-state index contributed by atoms with van der Waals surface area (Å²) in [7, 11) is 0. The van der Waals surface area contributed by atoms with Crippen LogP contribution in [0.4, 0.5) is 4.39 Å². The molecule has 0 saturated heterocycles. The molecule has 0 spiro atoms. The van der Waals surface area contributed by atoms with Gasteiger partial charge < -0.3 is 4.57 Å². The van der Waals surface area contributed by atoms with Gasteiger partial charge in [0.25, 0.3) is 5.56 Å². The highest BCUT2D eigenvalue weighted by molar-refractivity contribution is 9.10. The number of allylic oxidation sites excluding steroid dienone is 1. The van der Waals surface area contributed by atoms with Crippen LogP contribution >= 0.6 is 15.9 Å². The Morgan fingerprint density at radius 1 is 1.75 bits per heavy atom. The summed E-state index contributed by atoms with van der Waals surface area (Å²) in [4.78, 5) is 11.0. The number of aromatic nitrogens is 1. The highest BCUT2D eigenvalue weighted by Gasteiger charge is 2.02. The molecular formula is C8H7BrFNO. The van der Waals surface area contributed by atoms with Crippen LogP contribution in [-0.4, -0.2) is 4.57 Å². The summed E-state index contributed by atoms with van der Waals surface area (Å²) in [5.74, 6) is -0.758. The fourth-order valence-corrected chi connectivity index (χ4v) is 1.29. The van der Waals surface area contributed by atoms with Gasteiger partial charge in [-0.3, -0.25) is 4.79 Å². The van der Waals surface area contributed by atoms with Crippen LogP contribution in [0.5, 0.6) is 0 Å². The van der Waals surface area contributed by atoms with Crippen LogP contribution in [0.25, 0.3) is 0 Å². The molecule has 1 heterocycles. The fraction of sp³-hybridized carbons (Fsp3) is 0.125. The van der Waals surface area contributed by atoms with Crippen molar-refractivity contribution in [2.45, 2.75) is 6.54 Å². The van der Waals surface area contributed by atoms with Crippen molar-refractivity contribution in [3.63, 3.8) is 0 Å². The Bertz CT molecular complexity index is 359. The smallest absolute Gasteiger partial charge is 0.286 e. The van der Waals surface area contributed by atoms with Crippen molar-refractivity contribution in [3.8, 4) is 0 Å². The maximum Gasteiger partial charge on any atom is 0.286 e. The average molecular weight is 232 g/mol. The van der Waals surface area contributed by atoms with Gasteiger partial charge in [-0.15, -0.1) is 6.58 Å². The molecule has 0 saturated carbocycles. The Kier molecular flexibility index (Phi) is 2.81. The van der Waals surface area contributed by atoms with Crippen LogP contribution in [0, 0.1) is 5.82 Å². The first kappa shape index (κ1) is 9.19. The van der Waals surface area contributed by atoms with Crippen molar-refractivity contribution >= 4 is 15.9 Å². The summed E-state index contributed by atoms with van der Waals surface area (Å²) < 4.78 is 14.6. The molecular weight excluding hydrogens is 225 g/mol. The molecule has 2 nitrogen and oxygen atoms in total. The SMILES string of the molecule is C=CCn1cc(Br)cc(F)c1=O. The first-order valence-electron chi connectivity index (χ1n) is 3.31. The second-order valence-corrected chi connectivity index (χ2v) is 3.17. The molecule has 0 fully saturated rings. The monoisotopic (exact) mass is 231 g/mol.